The summed E-state index contributed by atoms with van der Waals surface area (Å²) in [6.07, 6.45) is 0. The van der Waals surface area contributed by atoms with E-state index < -0.39 is 0 Å². The minimum absolute atomic E-state index is 0.252. The highest BCUT2D eigenvalue weighted by Crippen LogP contribution is 2.41. The van der Waals surface area contributed by atoms with Gasteiger partial charge in [0.05, 0.1) is 24.8 Å². The SMILES string of the molecule is COc1ccc2oc3c(C)c4c(c(C)c3c2c1)C(=O)N(Cc1ccccc1)C4=O. The first-order chi connectivity index (χ1) is 14.0. The van der Waals surface area contributed by atoms with Crippen LogP contribution < -0.4 is 4.74 Å². The Labute approximate surface area is 167 Å². The summed E-state index contributed by atoms with van der Waals surface area (Å²) in [5, 5.41) is 1.74. The molecule has 2 heterocycles. The van der Waals surface area contributed by atoms with Gasteiger partial charge < -0.3 is 9.15 Å². The monoisotopic (exact) mass is 385 g/mol. The lowest BCUT2D eigenvalue weighted by Gasteiger charge is -2.13. The number of fused-ring (bicyclic) bond motifs is 4. The van der Waals surface area contributed by atoms with Crippen LogP contribution in [0.1, 0.15) is 37.4 Å². The van der Waals surface area contributed by atoms with Gasteiger partial charge in [0.15, 0.2) is 0 Å². The molecule has 0 saturated heterocycles. The van der Waals surface area contributed by atoms with E-state index >= 15 is 0 Å². The van der Waals surface area contributed by atoms with Crippen molar-refractivity contribution in [1.82, 2.24) is 4.90 Å². The highest BCUT2D eigenvalue weighted by molar-refractivity contribution is 6.26. The summed E-state index contributed by atoms with van der Waals surface area (Å²) in [7, 11) is 1.61. The largest absolute Gasteiger partial charge is 0.497 e. The second-order valence-corrected chi connectivity index (χ2v) is 7.35. The molecule has 1 aliphatic heterocycles. The van der Waals surface area contributed by atoms with Crippen molar-refractivity contribution in [2.75, 3.05) is 7.11 Å². The molecule has 5 rings (SSSR count). The van der Waals surface area contributed by atoms with E-state index in [9.17, 15) is 9.59 Å². The van der Waals surface area contributed by atoms with E-state index in [4.69, 9.17) is 9.15 Å². The number of hydrogen-bond donors (Lipinski definition) is 0. The third-order valence-electron chi connectivity index (χ3n) is 5.71. The van der Waals surface area contributed by atoms with E-state index in [1.807, 2.05) is 62.4 Å². The van der Waals surface area contributed by atoms with Gasteiger partial charge in [-0.15, -0.1) is 0 Å². The number of furan rings is 1. The summed E-state index contributed by atoms with van der Waals surface area (Å²) in [5.74, 6) is 0.189. The normalized spacial score (nSPS) is 13.6. The quantitative estimate of drug-likeness (QED) is 0.465. The zero-order valence-electron chi connectivity index (χ0n) is 16.4. The lowest BCUT2D eigenvalue weighted by Crippen LogP contribution is -2.29. The number of rotatable bonds is 3. The Morgan fingerprint density at radius 1 is 0.931 bits per heavy atom. The molecular formula is C24H19NO4. The number of amides is 2. The van der Waals surface area contributed by atoms with Crippen LogP contribution in [0.4, 0.5) is 0 Å². The summed E-state index contributed by atoms with van der Waals surface area (Å²) in [6.45, 7) is 3.98. The second-order valence-electron chi connectivity index (χ2n) is 7.35. The zero-order chi connectivity index (χ0) is 20.3. The molecule has 0 bridgehead atoms. The molecule has 144 valence electrons. The maximum Gasteiger partial charge on any atom is 0.262 e. The van der Waals surface area contributed by atoms with Crippen LogP contribution in [0.3, 0.4) is 0 Å². The number of carbonyl (C=O) groups is 2. The highest BCUT2D eigenvalue weighted by atomic mass is 16.5. The van der Waals surface area contributed by atoms with E-state index in [1.165, 1.54) is 4.90 Å². The molecule has 0 radical (unpaired) electrons. The van der Waals surface area contributed by atoms with E-state index in [0.29, 0.717) is 33.6 Å². The summed E-state index contributed by atoms with van der Waals surface area (Å²) in [4.78, 5) is 27.8. The van der Waals surface area contributed by atoms with Crippen molar-refractivity contribution in [2.45, 2.75) is 20.4 Å². The van der Waals surface area contributed by atoms with E-state index in [0.717, 1.165) is 21.9 Å². The van der Waals surface area contributed by atoms with Gasteiger partial charge in [-0.05, 0) is 43.2 Å². The van der Waals surface area contributed by atoms with Crippen LogP contribution in [-0.4, -0.2) is 23.8 Å². The molecule has 0 fully saturated rings. The van der Waals surface area contributed by atoms with Crippen molar-refractivity contribution in [1.29, 1.82) is 0 Å². The van der Waals surface area contributed by atoms with Gasteiger partial charge >= 0.3 is 0 Å². The van der Waals surface area contributed by atoms with Crippen LogP contribution in [0, 0.1) is 13.8 Å². The van der Waals surface area contributed by atoms with Crippen molar-refractivity contribution in [3.05, 3.63) is 76.3 Å². The predicted octanol–water partition coefficient (Wildman–Crippen LogP) is 5.01. The minimum atomic E-state index is -0.269. The maximum absolute atomic E-state index is 13.3. The van der Waals surface area contributed by atoms with Gasteiger partial charge in [-0.2, -0.15) is 0 Å². The predicted molar refractivity (Wildman–Crippen MR) is 110 cm³/mol. The van der Waals surface area contributed by atoms with Crippen LogP contribution >= 0.6 is 0 Å². The molecule has 1 aliphatic rings. The molecular weight excluding hydrogens is 366 g/mol. The number of methoxy groups -OCH3 is 1. The summed E-state index contributed by atoms with van der Waals surface area (Å²) < 4.78 is 11.4. The molecule has 0 spiro atoms. The first-order valence-electron chi connectivity index (χ1n) is 9.44. The van der Waals surface area contributed by atoms with E-state index in [1.54, 1.807) is 7.11 Å². The van der Waals surface area contributed by atoms with E-state index in [2.05, 4.69) is 0 Å². The Hall–Kier alpha value is -3.60. The molecule has 0 N–H and O–H groups in total. The number of carbonyl (C=O) groups excluding carboxylic acids is 2. The van der Waals surface area contributed by atoms with E-state index in [-0.39, 0.29) is 18.4 Å². The van der Waals surface area contributed by atoms with Crippen molar-refractivity contribution in [3.63, 3.8) is 0 Å². The molecule has 5 heteroatoms. The third-order valence-corrected chi connectivity index (χ3v) is 5.71. The second kappa shape index (κ2) is 6.21. The average Bonchev–Trinajstić information content (AvgIpc) is 3.24. The Morgan fingerprint density at radius 2 is 1.62 bits per heavy atom. The molecule has 2 amide bonds. The number of nitrogens with zero attached hydrogens (tertiary/aromatic N) is 1. The van der Waals surface area contributed by atoms with Crippen LogP contribution in [-0.2, 0) is 6.54 Å². The zero-order valence-corrected chi connectivity index (χ0v) is 16.4. The van der Waals surface area contributed by atoms with Crippen molar-refractivity contribution in [2.24, 2.45) is 0 Å². The van der Waals surface area contributed by atoms with Gasteiger partial charge in [-0.1, -0.05) is 30.3 Å². The molecule has 0 aliphatic carbocycles. The topological polar surface area (TPSA) is 59.8 Å². The third kappa shape index (κ3) is 2.40. The number of aryl methyl sites for hydroxylation is 2. The molecule has 0 atom stereocenters. The Morgan fingerprint density at radius 3 is 2.31 bits per heavy atom. The molecule has 4 aromatic rings. The van der Waals surface area contributed by atoms with Gasteiger partial charge in [0.1, 0.15) is 16.9 Å². The average molecular weight is 385 g/mol. The van der Waals surface area contributed by atoms with Crippen LogP contribution in [0.15, 0.2) is 52.9 Å². The lowest BCUT2D eigenvalue weighted by atomic mass is 9.94. The first kappa shape index (κ1) is 17.5. The van der Waals surface area contributed by atoms with Gasteiger partial charge in [0.25, 0.3) is 11.8 Å². The number of imide groups is 1. The minimum Gasteiger partial charge on any atom is -0.497 e. The fourth-order valence-corrected chi connectivity index (χ4v) is 4.26. The van der Waals surface area contributed by atoms with Crippen molar-refractivity contribution < 1.29 is 18.7 Å². The molecule has 1 aromatic heterocycles. The maximum atomic E-state index is 13.3. The number of benzene rings is 3. The fourth-order valence-electron chi connectivity index (χ4n) is 4.26. The van der Waals surface area contributed by atoms with Gasteiger partial charge in [0, 0.05) is 16.3 Å². The summed E-state index contributed by atoms with van der Waals surface area (Å²) in [5.41, 5.74) is 4.65. The van der Waals surface area contributed by atoms with Crippen LogP contribution in [0.25, 0.3) is 21.9 Å². The number of ether oxygens (including phenoxy) is 1. The number of hydrogen-bond acceptors (Lipinski definition) is 4. The van der Waals surface area contributed by atoms with Crippen LogP contribution in [0.2, 0.25) is 0 Å². The first-order valence-corrected chi connectivity index (χ1v) is 9.44. The fraction of sp³-hybridized carbons (Fsp3) is 0.167. The van der Waals surface area contributed by atoms with Crippen molar-refractivity contribution in [3.8, 4) is 5.75 Å². The Kier molecular flexibility index (Phi) is 3.74. The van der Waals surface area contributed by atoms with Crippen molar-refractivity contribution >= 4 is 33.8 Å². The summed E-state index contributed by atoms with van der Waals surface area (Å²) >= 11 is 0. The molecule has 29 heavy (non-hydrogen) atoms. The highest BCUT2D eigenvalue weighted by Gasteiger charge is 2.40. The molecule has 0 unspecified atom stereocenters. The van der Waals surface area contributed by atoms with Gasteiger partial charge in [-0.3, -0.25) is 14.5 Å². The summed E-state index contributed by atoms with van der Waals surface area (Å²) in [6, 6.07) is 15.1. The lowest BCUT2D eigenvalue weighted by molar-refractivity contribution is 0.0642. The molecule has 3 aromatic carbocycles. The standard InChI is InChI=1S/C24H19NO4/c1-13-19-17-11-16(28-3)9-10-18(17)29-22(19)14(2)21-20(13)23(26)25(24(21)27)12-15-7-5-4-6-8-15/h4-11H,12H2,1-3H3. The molecule has 0 saturated carbocycles. The van der Waals surface area contributed by atoms with Gasteiger partial charge in [-0.25, -0.2) is 0 Å². The smallest absolute Gasteiger partial charge is 0.262 e. The molecule has 5 nitrogen and oxygen atoms in total. The Balaban J connectivity index is 1.73. The Bertz CT molecular complexity index is 1320. The van der Waals surface area contributed by atoms with Crippen LogP contribution in [0.5, 0.6) is 5.75 Å². The van der Waals surface area contributed by atoms with Gasteiger partial charge in [0.2, 0.25) is 0 Å².